The molecule has 3 unspecified atom stereocenters. The van der Waals surface area contributed by atoms with Crippen molar-refractivity contribution in [3.8, 4) is 11.1 Å². The second-order valence-corrected chi connectivity index (χ2v) is 9.15. The Morgan fingerprint density at radius 1 is 1.06 bits per heavy atom. The second kappa shape index (κ2) is 10.9. The van der Waals surface area contributed by atoms with Gasteiger partial charge in [0.1, 0.15) is 12.5 Å². The number of aliphatic carboxylic acids is 1. The Bertz CT molecular complexity index is 1040. The molecule has 1 saturated heterocycles. The third-order valence-electron chi connectivity index (χ3n) is 7.02. The molecule has 0 bridgehead atoms. The molecule has 1 heterocycles. The lowest BCUT2D eigenvalue weighted by atomic mass is 9.98. The van der Waals surface area contributed by atoms with Gasteiger partial charge in [0.15, 0.2) is 0 Å². The van der Waals surface area contributed by atoms with Gasteiger partial charge in [-0.05, 0) is 28.7 Å². The average Bonchev–Trinajstić information content (AvgIpc) is 3.45. The zero-order valence-electron chi connectivity index (χ0n) is 20.1. The summed E-state index contributed by atoms with van der Waals surface area (Å²) >= 11 is 0. The van der Waals surface area contributed by atoms with Crippen LogP contribution < -0.4 is 5.32 Å². The molecule has 8 nitrogen and oxygen atoms in total. The molecule has 2 aromatic carbocycles. The molecule has 1 fully saturated rings. The molecule has 2 aliphatic rings. The highest BCUT2D eigenvalue weighted by atomic mass is 16.5. The molecule has 2 amide bonds. The molecule has 1 aliphatic carbocycles. The Labute approximate surface area is 205 Å². The molecule has 2 N–H and O–H groups in total. The Balaban J connectivity index is 1.34. The third-order valence-corrected chi connectivity index (χ3v) is 7.02. The SMILES string of the molecule is CCCC(CNC(=O)OCC1c2ccccc2-c2ccccc21)C(=O)N1CC(OC)C(C(=O)O)C1. The number of fused-ring (bicyclic) bond motifs is 3. The number of hydrogen-bond donors (Lipinski definition) is 2. The van der Waals surface area contributed by atoms with Crippen LogP contribution in [0.5, 0.6) is 0 Å². The molecule has 0 saturated carbocycles. The van der Waals surface area contributed by atoms with Crippen LogP contribution in [0.2, 0.25) is 0 Å². The van der Waals surface area contributed by atoms with Crippen molar-refractivity contribution in [1.82, 2.24) is 10.2 Å². The van der Waals surface area contributed by atoms with Crippen LogP contribution in [0.1, 0.15) is 36.8 Å². The fourth-order valence-corrected chi connectivity index (χ4v) is 5.21. The van der Waals surface area contributed by atoms with E-state index in [0.717, 1.165) is 28.7 Å². The normalized spacial score (nSPS) is 19.7. The zero-order valence-corrected chi connectivity index (χ0v) is 20.1. The smallest absolute Gasteiger partial charge is 0.407 e. The Morgan fingerprint density at radius 3 is 2.23 bits per heavy atom. The minimum absolute atomic E-state index is 0.0373. The summed E-state index contributed by atoms with van der Waals surface area (Å²) in [4.78, 5) is 38.7. The highest BCUT2D eigenvalue weighted by molar-refractivity contribution is 5.82. The summed E-state index contributed by atoms with van der Waals surface area (Å²) in [6.45, 7) is 2.65. The van der Waals surface area contributed by atoms with Crippen LogP contribution in [-0.2, 0) is 19.1 Å². The Hall–Kier alpha value is -3.39. The predicted molar refractivity (Wildman–Crippen MR) is 130 cm³/mol. The number of carbonyl (C=O) groups excluding carboxylic acids is 2. The standard InChI is InChI=1S/C27H32N2O6/c1-3-8-17(25(30)29-14-22(26(31)32)24(15-29)34-2)13-28-27(33)35-16-23-20-11-6-4-9-18(20)19-10-5-7-12-21(19)23/h4-7,9-12,17,22-24H,3,8,13-16H2,1-2H3,(H,28,33)(H,31,32). The van der Waals surface area contributed by atoms with E-state index in [9.17, 15) is 19.5 Å². The van der Waals surface area contributed by atoms with Crippen molar-refractivity contribution >= 4 is 18.0 Å². The molecule has 0 spiro atoms. The van der Waals surface area contributed by atoms with E-state index in [1.165, 1.54) is 12.0 Å². The maximum absolute atomic E-state index is 13.1. The van der Waals surface area contributed by atoms with Crippen LogP contribution in [0, 0.1) is 11.8 Å². The first-order valence-corrected chi connectivity index (χ1v) is 12.1. The van der Waals surface area contributed by atoms with Gasteiger partial charge >= 0.3 is 12.1 Å². The maximum atomic E-state index is 13.1. The first kappa shape index (κ1) is 24.7. The van der Waals surface area contributed by atoms with E-state index in [2.05, 4.69) is 29.6 Å². The van der Waals surface area contributed by atoms with E-state index in [1.54, 1.807) is 0 Å². The van der Waals surface area contributed by atoms with Crippen LogP contribution in [0.3, 0.4) is 0 Å². The number of carboxylic acid groups (broad SMARTS) is 1. The van der Waals surface area contributed by atoms with Crippen LogP contribution in [0.4, 0.5) is 4.79 Å². The summed E-state index contributed by atoms with van der Waals surface area (Å²) in [7, 11) is 1.46. The van der Waals surface area contributed by atoms with Gasteiger partial charge in [0.05, 0.1) is 12.0 Å². The highest BCUT2D eigenvalue weighted by Crippen LogP contribution is 2.44. The fraction of sp³-hybridized carbons (Fsp3) is 0.444. The number of rotatable bonds is 9. The molecule has 0 radical (unpaired) electrons. The highest BCUT2D eigenvalue weighted by Gasteiger charge is 2.41. The molecule has 0 aromatic heterocycles. The monoisotopic (exact) mass is 480 g/mol. The minimum atomic E-state index is -0.976. The van der Waals surface area contributed by atoms with Crippen molar-refractivity contribution in [2.75, 3.05) is 33.4 Å². The maximum Gasteiger partial charge on any atom is 0.407 e. The largest absolute Gasteiger partial charge is 0.481 e. The van der Waals surface area contributed by atoms with Crippen LogP contribution >= 0.6 is 0 Å². The molecule has 3 atom stereocenters. The molecule has 186 valence electrons. The van der Waals surface area contributed by atoms with Gasteiger partial charge in [0.2, 0.25) is 5.91 Å². The topological polar surface area (TPSA) is 105 Å². The van der Waals surface area contributed by atoms with Gasteiger partial charge in [-0.1, -0.05) is 61.9 Å². The molecular formula is C27H32N2O6. The third kappa shape index (κ3) is 5.17. The number of carboxylic acids is 1. The van der Waals surface area contributed by atoms with Gasteiger partial charge in [0, 0.05) is 32.7 Å². The first-order valence-electron chi connectivity index (χ1n) is 12.1. The number of ether oxygens (including phenoxy) is 2. The lowest BCUT2D eigenvalue weighted by molar-refractivity contribution is -0.144. The number of nitrogens with one attached hydrogen (secondary N) is 1. The van der Waals surface area contributed by atoms with Crippen molar-refractivity contribution in [3.63, 3.8) is 0 Å². The second-order valence-electron chi connectivity index (χ2n) is 9.15. The van der Waals surface area contributed by atoms with Gasteiger partial charge in [-0.3, -0.25) is 9.59 Å². The quantitative estimate of drug-likeness (QED) is 0.569. The molecular weight excluding hydrogens is 448 g/mol. The summed E-state index contributed by atoms with van der Waals surface area (Å²) in [6.07, 6.45) is 0.232. The van der Waals surface area contributed by atoms with Gasteiger partial charge in [0.25, 0.3) is 0 Å². The van der Waals surface area contributed by atoms with Gasteiger partial charge in [-0.15, -0.1) is 0 Å². The lowest BCUT2D eigenvalue weighted by Crippen LogP contribution is -2.41. The number of alkyl carbamates (subject to hydrolysis) is 1. The van der Waals surface area contributed by atoms with Crippen LogP contribution in [0.15, 0.2) is 48.5 Å². The van der Waals surface area contributed by atoms with Gasteiger partial charge in [-0.25, -0.2) is 4.79 Å². The molecule has 1 aliphatic heterocycles. The zero-order chi connectivity index (χ0) is 24.9. The van der Waals surface area contributed by atoms with E-state index in [0.29, 0.717) is 6.42 Å². The fourth-order valence-electron chi connectivity index (χ4n) is 5.21. The van der Waals surface area contributed by atoms with Crippen molar-refractivity contribution in [3.05, 3.63) is 59.7 Å². The lowest BCUT2D eigenvalue weighted by Gasteiger charge is -2.23. The van der Waals surface area contributed by atoms with Crippen LogP contribution in [0.25, 0.3) is 11.1 Å². The summed E-state index contributed by atoms with van der Waals surface area (Å²) in [5, 5.41) is 12.2. The van der Waals surface area contributed by atoms with E-state index < -0.39 is 30.0 Å². The van der Waals surface area contributed by atoms with E-state index in [-0.39, 0.29) is 38.1 Å². The number of likely N-dealkylation sites (tertiary alicyclic amines) is 1. The van der Waals surface area contributed by atoms with Gasteiger partial charge in [-0.2, -0.15) is 0 Å². The number of carbonyl (C=O) groups is 3. The number of hydrogen-bond acceptors (Lipinski definition) is 5. The van der Waals surface area contributed by atoms with Crippen LogP contribution in [-0.4, -0.2) is 67.4 Å². The summed E-state index contributed by atoms with van der Waals surface area (Å²) < 4.78 is 10.9. The summed E-state index contributed by atoms with van der Waals surface area (Å²) in [6, 6.07) is 16.3. The first-order chi connectivity index (χ1) is 16.9. The summed E-state index contributed by atoms with van der Waals surface area (Å²) in [5.41, 5.74) is 4.58. The number of nitrogens with zero attached hydrogens (tertiary/aromatic N) is 1. The van der Waals surface area contributed by atoms with E-state index in [4.69, 9.17) is 9.47 Å². The Morgan fingerprint density at radius 2 is 1.69 bits per heavy atom. The average molecular weight is 481 g/mol. The van der Waals surface area contributed by atoms with Crippen molar-refractivity contribution in [2.24, 2.45) is 11.8 Å². The molecule has 2 aromatic rings. The summed E-state index contributed by atoms with van der Waals surface area (Å²) in [5.74, 6) is -2.39. The number of amides is 2. The van der Waals surface area contributed by atoms with E-state index >= 15 is 0 Å². The molecule has 4 rings (SSSR count). The molecule has 8 heteroatoms. The minimum Gasteiger partial charge on any atom is -0.481 e. The predicted octanol–water partition coefficient (Wildman–Crippen LogP) is 3.50. The van der Waals surface area contributed by atoms with Crippen molar-refractivity contribution < 1.29 is 29.0 Å². The van der Waals surface area contributed by atoms with Crippen molar-refractivity contribution in [2.45, 2.75) is 31.8 Å². The number of methoxy groups -OCH3 is 1. The Kier molecular flexibility index (Phi) is 7.70. The van der Waals surface area contributed by atoms with Gasteiger partial charge < -0.3 is 24.8 Å². The number of benzene rings is 2. The van der Waals surface area contributed by atoms with Crippen molar-refractivity contribution in [1.29, 1.82) is 0 Å². The molecule has 35 heavy (non-hydrogen) atoms. The van der Waals surface area contributed by atoms with E-state index in [1.807, 2.05) is 31.2 Å².